The monoisotopic (exact) mass is 367 g/mol. The number of alkyl halides is 3. The molecule has 0 unspecified atom stereocenters. The Kier molecular flexibility index (Phi) is 3.56. The minimum absolute atomic E-state index is 0.212. The van der Waals surface area contributed by atoms with Crippen LogP contribution in [0, 0.1) is 0 Å². The minimum atomic E-state index is -4.41. The number of hydrogen-bond acceptors (Lipinski definition) is 1. The molecule has 6 heteroatoms. The topological polar surface area (TPSA) is 21.5 Å². The summed E-state index contributed by atoms with van der Waals surface area (Å²) in [6, 6.07) is 11.3. The summed E-state index contributed by atoms with van der Waals surface area (Å²) in [4.78, 5) is 12.5. The first-order valence-electron chi connectivity index (χ1n) is 6.35. The molecule has 0 N–H and O–H groups in total. The maximum atomic E-state index is 12.6. The van der Waals surface area contributed by atoms with Crippen molar-refractivity contribution in [2.45, 2.75) is 6.18 Å². The quantitative estimate of drug-likeness (QED) is 0.587. The molecular formula is C16H9BrF3NO. The normalized spacial score (nSPS) is 11.8. The third-order valence-corrected chi connectivity index (χ3v) is 3.97. The Morgan fingerprint density at radius 1 is 1.05 bits per heavy atom. The number of hydrogen-bond donors (Lipinski definition) is 0. The second kappa shape index (κ2) is 5.28. The van der Waals surface area contributed by atoms with Crippen molar-refractivity contribution in [2.24, 2.45) is 0 Å². The predicted octanol–water partition coefficient (Wildman–Crippen LogP) is 4.95. The fourth-order valence-corrected chi connectivity index (χ4v) is 2.78. The molecule has 2 heterocycles. The fraction of sp³-hybridized carbons (Fsp3) is 0.0625. The zero-order valence-electron chi connectivity index (χ0n) is 11.1. The smallest absolute Gasteiger partial charge is 0.312 e. The van der Waals surface area contributed by atoms with Gasteiger partial charge in [0.2, 0.25) is 5.78 Å². The molecule has 0 atom stereocenters. The molecule has 0 amide bonds. The molecule has 3 rings (SSSR count). The fourth-order valence-electron chi connectivity index (χ4n) is 2.24. The molecule has 2 nitrogen and oxygen atoms in total. The third kappa shape index (κ3) is 2.54. The predicted molar refractivity (Wildman–Crippen MR) is 80.0 cm³/mol. The van der Waals surface area contributed by atoms with Gasteiger partial charge < -0.3 is 4.40 Å². The Morgan fingerprint density at radius 3 is 2.36 bits per heavy atom. The Morgan fingerprint density at radius 2 is 1.73 bits per heavy atom. The third-order valence-electron chi connectivity index (χ3n) is 3.33. The molecular weight excluding hydrogens is 359 g/mol. The van der Waals surface area contributed by atoms with Crippen LogP contribution in [-0.2, 0) is 6.18 Å². The molecule has 1 aromatic carbocycles. The van der Waals surface area contributed by atoms with Gasteiger partial charge in [0.1, 0.15) is 0 Å². The van der Waals surface area contributed by atoms with E-state index in [1.807, 2.05) is 12.1 Å². The molecule has 3 aromatic rings. The van der Waals surface area contributed by atoms with E-state index >= 15 is 0 Å². The van der Waals surface area contributed by atoms with E-state index in [9.17, 15) is 18.0 Å². The van der Waals surface area contributed by atoms with Gasteiger partial charge in [0.05, 0.1) is 16.8 Å². The van der Waals surface area contributed by atoms with Crippen molar-refractivity contribution in [2.75, 3.05) is 0 Å². The number of rotatable bonds is 2. The van der Waals surface area contributed by atoms with Gasteiger partial charge in [0, 0.05) is 16.2 Å². The van der Waals surface area contributed by atoms with Crippen LogP contribution in [0.3, 0.4) is 0 Å². The molecule has 0 aliphatic rings. The van der Waals surface area contributed by atoms with Gasteiger partial charge in [-0.25, -0.2) is 0 Å². The summed E-state index contributed by atoms with van der Waals surface area (Å²) < 4.78 is 40.1. The highest BCUT2D eigenvalue weighted by atomic mass is 79.9. The van der Waals surface area contributed by atoms with Crippen molar-refractivity contribution in [1.29, 1.82) is 0 Å². The average molecular weight is 368 g/mol. The highest BCUT2D eigenvalue weighted by Gasteiger charge is 2.30. The van der Waals surface area contributed by atoms with Crippen molar-refractivity contribution in [3.63, 3.8) is 0 Å². The highest BCUT2D eigenvalue weighted by Crippen LogP contribution is 2.30. The zero-order chi connectivity index (χ0) is 15.9. The molecule has 0 aliphatic heterocycles. The molecule has 0 spiro atoms. The van der Waals surface area contributed by atoms with Crippen LogP contribution < -0.4 is 0 Å². The largest absolute Gasteiger partial charge is 0.416 e. The number of pyridine rings is 1. The molecule has 2 aromatic heterocycles. The maximum Gasteiger partial charge on any atom is 0.416 e. The standard InChI is InChI=1S/C16H9BrF3NO/c17-12-9-14(21-8-2-1-3-13(12)21)15(22)10-4-6-11(7-5-10)16(18,19)20/h1-9H. The van der Waals surface area contributed by atoms with Gasteiger partial charge in [-0.05, 0) is 46.3 Å². The van der Waals surface area contributed by atoms with Gasteiger partial charge in [-0.3, -0.25) is 4.79 Å². The summed E-state index contributed by atoms with van der Waals surface area (Å²) in [6.07, 6.45) is -2.68. The van der Waals surface area contributed by atoms with Crippen LogP contribution in [-0.4, -0.2) is 10.2 Å². The number of aromatic nitrogens is 1. The van der Waals surface area contributed by atoms with Gasteiger partial charge in [0.15, 0.2) is 0 Å². The van der Waals surface area contributed by atoms with Crippen molar-refractivity contribution in [3.05, 3.63) is 76.0 Å². The lowest BCUT2D eigenvalue weighted by atomic mass is 10.1. The number of ketones is 1. The Hall–Kier alpha value is -2.08. The van der Waals surface area contributed by atoms with Crippen LogP contribution in [0.25, 0.3) is 5.52 Å². The second-order valence-electron chi connectivity index (χ2n) is 4.74. The summed E-state index contributed by atoms with van der Waals surface area (Å²) in [5, 5.41) is 0. The SMILES string of the molecule is O=C(c1ccc(C(F)(F)F)cc1)c1cc(Br)c2ccccn12. The van der Waals surface area contributed by atoms with Crippen molar-refractivity contribution in [1.82, 2.24) is 4.40 Å². The molecule has 0 aliphatic carbocycles. The molecule has 0 fully saturated rings. The highest BCUT2D eigenvalue weighted by molar-refractivity contribution is 9.10. The number of halogens is 4. The van der Waals surface area contributed by atoms with Crippen LogP contribution in [0.1, 0.15) is 21.6 Å². The van der Waals surface area contributed by atoms with Crippen LogP contribution in [0.4, 0.5) is 13.2 Å². The molecule has 0 saturated carbocycles. The van der Waals surface area contributed by atoms with Gasteiger partial charge in [-0.15, -0.1) is 0 Å². The van der Waals surface area contributed by atoms with E-state index in [2.05, 4.69) is 15.9 Å². The molecule has 22 heavy (non-hydrogen) atoms. The summed E-state index contributed by atoms with van der Waals surface area (Å²) >= 11 is 3.37. The Balaban J connectivity index is 2.03. The summed E-state index contributed by atoms with van der Waals surface area (Å²) in [5.74, 6) is -0.333. The lowest BCUT2D eigenvalue weighted by molar-refractivity contribution is -0.137. The van der Waals surface area contributed by atoms with Crippen molar-refractivity contribution >= 4 is 27.2 Å². The van der Waals surface area contributed by atoms with Crippen molar-refractivity contribution in [3.8, 4) is 0 Å². The number of fused-ring (bicyclic) bond motifs is 1. The Bertz CT molecular complexity index is 850. The maximum absolute atomic E-state index is 12.6. The van der Waals surface area contributed by atoms with E-state index in [0.717, 1.165) is 22.1 Å². The zero-order valence-corrected chi connectivity index (χ0v) is 12.6. The van der Waals surface area contributed by atoms with E-state index in [4.69, 9.17) is 0 Å². The first-order valence-corrected chi connectivity index (χ1v) is 7.15. The number of benzene rings is 1. The summed E-state index contributed by atoms with van der Waals surface area (Å²) in [6.45, 7) is 0. The average Bonchev–Trinajstić information content (AvgIpc) is 2.83. The van der Waals surface area contributed by atoms with Gasteiger partial charge >= 0.3 is 6.18 Å². The minimum Gasteiger partial charge on any atom is -0.312 e. The van der Waals surface area contributed by atoms with E-state index in [1.54, 1.807) is 22.7 Å². The van der Waals surface area contributed by atoms with E-state index in [-0.39, 0.29) is 11.3 Å². The molecule has 0 radical (unpaired) electrons. The van der Waals surface area contributed by atoms with E-state index < -0.39 is 11.7 Å². The summed E-state index contributed by atoms with van der Waals surface area (Å²) in [7, 11) is 0. The Labute approximate surface area is 132 Å². The summed E-state index contributed by atoms with van der Waals surface area (Å²) in [5.41, 5.74) is 0.647. The van der Waals surface area contributed by atoms with E-state index in [1.165, 1.54) is 12.1 Å². The molecule has 112 valence electrons. The number of carbonyl (C=O) groups is 1. The van der Waals surface area contributed by atoms with Gasteiger partial charge in [-0.2, -0.15) is 13.2 Å². The van der Waals surface area contributed by atoms with Crippen LogP contribution >= 0.6 is 15.9 Å². The van der Waals surface area contributed by atoms with Gasteiger partial charge in [-0.1, -0.05) is 18.2 Å². The second-order valence-corrected chi connectivity index (χ2v) is 5.59. The number of carbonyl (C=O) groups excluding carboxylic acids is 1. The van der Waals surface area contributed by atoms with E-state index in [0.29, 0.717) is 5.69 Å². The lowest BCUT2D eigenvalue weighted by Crippen LogP contribution is -2.08. The molecule has 0 bridgehead atoms. The van der Waals surface area contributed by atoms with Crippen LogP contribution in [0.5, 0.6) is 0 Å². The number of nitrogens with zero attached hydrogens (tertiary/aromatic N) is 1. The van der Waals surface area contributed by atoms with Gasteiger partial charge in [0.25, 0.3) is 0 Å². The van der Waals surface area contributed by atoms with Crippen LogP contribution in [0.15, 0.2) is 59.2 Å². The lowest BCUT2D eigenvalue weighted by Gasteiger charge is -2.07. The first kappa shape index (κ1) is 14.8. The van der Waals surface area contributed by atoms with Crippen molar-refractivity contribution < 1.29 is 18.0 Å². The first-order chi connectivity index (χ1) is 10.4. The molecule has 0 saturated heterocycles. The van der Waals surface area contributed by atoms with Crippen LogP contribution in [0.2, 0.25) is 0 Å².